The average Bonchev–Trinajstić information content (AvgIpc) is 2.33. The van der Waals surface area contributed by atoms with E-state index in [1.165, 1.54) is 0 Å². The number of rotatable bonds is 9. The van der Waals surface area contributed by atoms with Gasteiger partial charge in [-0.1, -0.05) is 0 Å². The van der Waals surface area contributed by atoms with Crippen LogP contribution in [0.3, 0.4) is 0 Å². The molecule has 0 fully saturated rings. The molecule has 0 aliphatic rings. The first kappa shape index (κ1) is 23.3. The molecule has 0 aliphatic carbocycles. The molecule has 0 radical (unpaired) electrons. The SMILES string of the molecule is O=S(=O)([O-])CC(F)C(F)C(F)C(F)C(F)C(F)CCF.[Li+]. The van der Waals surface area contributed by atoms with Crippen molar-refractivity contribution in [3.05, 3.63) is 0 Å². The molecule has 0 saturated heterocycles. The van der Waals surface area contributed by atoms with Gasteiger partial charge in [0.2, 0.25) is 0 Å². The van der Waals surface area contributed by atoms with Gasteiger partial charge in [-0.2, -0.15) is 0 Å². The summed E-state index contributed by atoms with van der Waals surface area (Å²) in [4.78, 5) is 0. The van der Waals surface area contributed by atoms with Crippen LogP contribution in [0.2, 0.25) is 0 Å². The molecule has 0 aromatic heterocycles. The third-order valence-electron chi connectivity index (χ3n) is 2.35. The molecular formula is C9H12F7LiO3S. The van der Waals surface area contributed by atoms with Crippen molar-refractivity contribution in [2.45, 2.75) is 43.5 Å². The summed E-state index contributed by atoms with van der Waals surface area (Å²) in [5.41, 5.74) is 0. The van der Waals surface area contributed by atoms with Crippen LogP contribution in [0.25, 0.3) is 0 Å². The minimum Gasteiger partial charge on any atom is -0.748 e. The maximum Gasteiger partial charge on any atom is 1.00 e. The molecule has 3 nitrogen and oxygen atoms in total. The van der Waals surface area contributed by atoms with Crippen LogP contribution in [0.15, 0.2) is 0 Å². The summed E-state index contributed by atoms with van der Waals surface area (Å²) in [5, 5.41) is 0. The van der Waals surface area contributed by atoms with Crippen LogP contribution in [0.5, 0.6) is 0 Å². The zero-order valence-corrected chi connectivity index (χ0v) is 11.7. The van der Waals surface area contributed by atoms with Gasteiger partial charge in [-0.15, -0.1) is 0 Å². The van der Waals surface area contributed by atoms with Crippen LogP contribution in [0.1, 0.15) is 6.42 Å². The molecule has 6 unspecified atom stereocenters. The van der Waals surface area contributed by atoms with Crippen molar-refractivity contribution in [3.8, 4) is 0 Å². The number of hydrogen-bond acceptors (Lipinski definition) is 3. The summed E-state index contributed by atoms with van der Waals surface area (Å²) < 4.78 is 120. The molecule has 0 aromatic rings. The quantitative estimate of drug-likeness (QED) is 0.305. The monoisotopic (exact) mass is 340 g/mol. The Bertz CT molecular complexity index is 386. The summed E-state index contributed by atoms with van der Waals surface area (Å²) in [6.07, 6.45) is -20.8. The van der Waals surface area contributed by atoms with E-state index in [1.807, 2.05) is 0 Å². The first-order valence-corrected chi connectivity index (χ1v) is 6.93. The van der Waals surface area contributed by atoms with Crippen molar-refractivity contribution >= 4 is 10.1 Å². The van der Waals surface area contributed by atoms with E-state index in [0.29, 0.717) is 0 Å². The molecule has 0 rings (SSSR count). The number of halogens is 7. The molecule has 122 valence electrons. The Kier molecular flexibility index (Phi) is 11.0. The zero-order valence-electron chi connectivity index (χ0n) is 10.9. The Morgan fingerprint density at radius 2 is 1.19 bits per heavy atom. The fourth-order valence-corrected chi connectivity index (χ4v) is 1.87. The molecule has 0 aliphatic heterocycles. The molecule has 6 atom stereocenters. The Labute approximate surface area is 129 Å². The molecule has 21 heavy (non-hydrogen) atoms. The van der Waals surface area contributed by atoms with Crippen molar-refractivity contribution in [1.82, 2.24) is 0 Å². The van der Waals surface area contributed by atoms with Gasteiger partial charge in [0.05, 0.1) is 22.5 Å². The summed E-state index contributed by atoms with van der Waals surface area (Å²) in [7, 11) is -5.24. The van der Waals surface area contributed by atoms with Crippen LogP contribution in [0, 0.1) is 0 Å². The largest absolute Gasteiger partial charge is 1.00 e. The Balaban J connectivity index is 0. The Hall–Kier alpha value is 0.0174. The van der Waals surface area contributed by atoms with E-state index in [9.17, 15) is 43.7 Å². The van der Waals surface area contributed by atoms with Gasteiger partial charge in [0.25, 0.3) is 0 Å². The van der Waals surface area contributed by atoms with Gasteiger partial charge in [-0.05, 0) is 0 Å². The van der Waals surface area contributed by atoms with Gasteiger partial charge in [0.15, 0.2) is 24.7 Å². The molecule has 12 heteroatoms. The van der Waals surface area contributed by atoms with E-state index in [0.717, 1.165) is 0 Å². The molecular weight excluding hydrogens is 328 g/mol. The standard InChI is InChI=1S/C9H13F7O3S.Li/c10-2-1-4(11)6(13)8(15)9(16)7(14)5(12)3-20(17,18)19;/h4-9H,1-3H2,(H,17,18,19);/q;+1/p-1. The summed E-state index contributed by atoms with van der Waals surface area (Å²) in [5.74, 6) is -1.97. The Morgan fingerprint density at radius 3 is 1.52 bits per heavy atom. The molecule has 0 spiro atoms. The summed E-state index contributed by atoms with van der Waals surface area (Å²) >= 11 is 0. The first-order chi connectivity index (χ1) is 9.01. The first-order valence-electron chi connectivity index (χ1n) is 5.35. The van der Waals surface area contributed by atoms with Crippen LogP contribution in [-0.2, 0) is 10.1 Å². The summed E-state index contributed by atoms with van der Waals surface area (Å²) in [6.45, 7) is -1.37. The predicted molar refractivity (Wildman–Crippen MR) is 54.5 cm³/mol. The van der Waals surface area contributed by atoms with Crippen LogP contribution in [0.4, 0.5) is 30.7 Å². The molecule has 0 heterocycles. The van der Waals surface area contributed by atoms with Gasteiger partial charge in [0.1, 0.15) is 12.3 Å². The van der Waals surface area contributed by atoms with E-state index in [2.05, 4.69) is 0 Å². The smallest absolute Gasteiger partial charge is 0.748 e. The van der Waals surface area contributed by atoms with E-state index in [4.69, 9.17) is 0 Å². The van der Waals surface area contributed by atoms with Crippen molar-refractivity contribution in [2.75, 3.05) is 12.4 Å². The van der Waals surface area contributed by atoms with Gasteiger partial charge >= 0.3 is 18.9 Å². The second-order valence-corrected chi connectivity index (χ2v) is 5.46. The van der Waals surface area contributed by atoms with Crippen molar-refractivity contribution in [1.29, 1.82) is 0 Å². The third-order valence-corrected chi connectivity index (χ3v) is 3.08. The fourth-order valence-electron chi connectivity index (χ4n) is 1.30. The number of alkyl halides is 7. The normalized spacial score (nSPS) is 20.8. The van der Waals surface area contributed by atoms with Crippen LogP contribution < -0.4 is 18.9 Å². The maximum atomic E-state index is 13.1. The van der Waals surface area contributed by atoms with Gasteiger partial charge in [-0.3, -0.25) is 4.39 Å². The molecule has 0 saturated carbocycles. The minimum atomic E-state index is -5.24. The molecule has 0 amide bonds. The van der Waals surface area contributed by atoms with E-state index < -0.39 is 66.0 Å². The van der Waals surface area contributed by atoms with Crippen molar-refractivity contribution in [3.63, 3.8) is 0 Å². The van der Waals surface area contributed by atoms with Gasteiger partial charge < -0.3 is 4.55 Å². The van der Waals surface area contributed by atoms with Gasteiger partial charge in [0, 0.05) is 6.42 Å². The Morgan fingerprint density at radius 1 is 0.810 bits per heavy atom. The van der Waals surface area contributed by atoms with Crippen molar-refractivity contribution in [2.24, 2.45) is 0 Å². The second-order valence-electron chi connectivity index (χ2n) is 4.01. The van der Waals surface area contributed by atoms with E-state index in [1.54, 1.807) is 0 Å². The number of hydrogen-bond donors (Lipinski definition) is 0. The van der Waals surface area contributed by atoms with E-state index in [-0.39, 0.29) is 18.9 Å². The zero-order chi connectivity index (χ0) is 16.1. The fraction of sp³-hybridized carbons (Fsp3) is 1.00. The molecule has 0 aromatic carbocycles. The predicted octanol–water partition coefficient (Wildman–Crippen LogP) is -1.08. The average molecular weight is 340 g/mol. The molecule has 0 N–H and O–H groups in total. The minimum absolute atomic E-state index is 0. The second kappa shape index (κ2) is 9.92. The van der Waals surface area contributed by atoms with Crippen LogP contribution >= 0.6 is 0 Å². The van der Waals surface area contributed by atoms with Gasteiger partial charge in [-0.25, -0.2) is 34.8 Å². The van der Waals surface area contributed by atoms with Crippen molar-refractivity contribution < 1.29 is 62.6 Å². The maximum absolute atomic E-state index is 13.1. The van der Waals surface area contributed by atoms with E-state index >= 15 is 0 Å². The topological polar surface area (TPSA) is 57.2 Å². The van der Waals surface area contributed by atoms with Crippen LogP contribution in [-0.4, -0.2) is 62.4 Å². The third kappa shape index (κ3) is 8.28. The molecule has 0 bridgehead atoms. The summed E-state index contributed by atoms with van der Waals surface area (Å²) in [6, 6.07) is 0.